The van der Waals surface area contributed by atoms with Crippen molar-refractivity contribution >= 4 is 17.2 Å². The highest BCUT2D eigenvalue weighted by molar-refractivity contribution is 7.14. The second-order valence-electron chi connectivity index (χ2n) is 6.42. The number of likely N-dealkylation sites (tertiary alicyclic amines) is 1. The van der Waals surface area contributed by atoms with Crippen LogP contribution in [-0.4, -0.2) is 26.9 Å². The van der Waals surface area contributed by atoms with E-state index in [-0.39, 0.29) is 11.9 Å². The van der Waals surface area contributed by atoms with E-state index in [1.165, 1.54) is 16.9 Å². The lowest BCUT2D eigenvalue weighted by Gasteiger charge is -2.23. The largest absolute Gasteiger partial charge is 0.336 e. The summed E-state index contributed by atoms with van der Waals surface area (Å²) in [6, 6.07) is 2.26. The molecule has 2 aliphatic rings. The van der Waals surface area contributed by atoms with Crippen molar-refractivity contribution < 1.29 is 4.79 Å². The molecule has 1 fully saturated rings. The molecule has 4 nitrogen and oxygen atoms in total. The number of aromatic nitrogens is 2. The van der Waals surface area contributed by atoms with Crippen molar-refractivity contribution in [1.82, 2.24) is 14.5 Å². The van der Waals surface area contributed by atoms with Gasteiger partial charge in [-0.15, -0.1) is 11.3 Å². The Morgan fingerprint density at radius 2 is 2.23 bits per heavy atom. The summed E-state index contributed by atoms with van der Waals surface area (Å²) >= 11 is 1.71. The van der Waals surface area contributed by atoms with Gasteiger partial charge in [-0.1, -0.05) is 0 Å². The van der Waals surface area contributed by atoms with E-state index in [0.717, 1.165) is 48.6 Å². The summed E-state index contributed by atoms with van der Waals surface area (Å²) in [6.45, 7) is 2.85. The Morgan fingerprint density at radius 3 is 2.95 bits per heavy atom. The van der Waals surface area contributed by atoms with E-state index in [1.807, 2.05) is 25.1 Å². The SMILES string of the molecule is Cc1cn(C)c(C2CCCN2C(=O)c2cc3c(s2)CCC3)n1. The van der Waals surface area contributed by atoms with Crippen LogP contribution in [0, 0.1) is 6.92 Å². The van der Waals surface area contributed by atoms with Gasteiger partial charge in [-0.3, -0.25) is 4.79 Å². The molecule has 0 saturated carbocycles. The smallest absolute Gasteiger partial charge is 0.264 e. The van der Waals surface area contributed by atoms with E-state index in [4.69, 9.17) is 0 Å². The summed E-state index contributed by atoms with van der Waals surface area (Å²) in [6.07, 6.45) is 7.65. The Labute approximate surface area is 134 Å². The minimum Gasteiger partial charge on any atom is -0.336 e. The number of carbonyl (C=O) groups is 1. The molecule has 1 amide bonds. The van der Waals surface area contributed by atoms with Gasteiger partial charge in [-0.05, 0) is 50.7 Å². The van der Waals surface area contributed by atoms with Crippen LogP contribution in [0.5, 0.6) is 0 Å². The zero-order chi connectivity index (χ0) is 15.3. The van der Waals surface area contributed by atoms with Crippen LogP contribution in [0.2, 0.25) is 0 Å². The van der Waals surface area contributed by atoms with Crippen LogP contribution in [0.15, 0.2) is 12.3 Å². The lowest BCUT2D eigenvalue weighted by Crippen LogP contribution is -2.31. The first-order valence-electron chi connectivity index (χ1n) is 8.06. The summed E-state index contributed by atoms with van der Waals surface area (Å²) < 4.78 is 2.07. The number of rotatable bonds is 2. The van der Waals surface area contributed by atoms with Gasteiger partial charge in [-0.25, -0.2) is 4.98 Å². The minimum absolute atomic E-state index is 0.128. The molecular weight excluding hydrogens is 294 g/mol. The first kappa shape index (κ1) is 14.0. The van der Waals surface area contributed by atoms with E-state index >= 15 is 0 Å². The molecule has 22 heavy (non-hydrogen) atoms. The second-order valence-corrected chi connectivity index (χ2v) is 7.56. The molecule has 0 aromatic carbocycles. The van der Waals surface area contributed by atoms with Crippen LogP contribution in [-0.2, 0) is 19.9 Å². The standard InChI is InChI=1S/C17H21N3OS/c1-11-10-19(2)16(18-11)13-6-4-8-20(13)17(21)15-9-12-5-3-7-14(12)22-15/h9-10,13H,3-8H2,1-2H3. The van der Waals surface area contributed by atoms with Crippen LogP contribution < -0.4 is 0 Å². The molecule has 0 radical (unpaired) electrons. The highest BCUT2D eigenvalue weighted by atomic mass is 32.1. The summed E-state index contributed by atoms with van der Waals surface area (Å²) in [5.41, 5.74) is 2.42. The quantitative estimate of drug-likeness (QED) is 0.853. The van der Waals surface area contributed by atoms with Crippen LogP contribution >= 0.6 is 11.3 Å². The molecule has 1 saturated heterocycles. The van der Waals surface area contributed by atoms with E-state index in [0.29, 0.717) is 0 Å². The number of imidazole rings is 1. The molecule has 1 atom stereocenters. The first-order chi connectivity index (χ1) is 10.6. The molecule has 116 valence electrons. The molecule has 0 spiro atoms. The molecule has 2 aromatic heterocycles. The molecule has 1 aliphatic heterocycles. The summed E-state index contributed by atoms with van der Waals surface area (Å²) in [5.74, 6) is 1.22. The lowest BCUT2D eigenvalue weighted by atomic mass is 10.2. The summed E-state index contributed by atoms with van der Waals surface area (Å²) in [5, 5.41) is 0. The van der Waals surface area contributed by atoms with Gasteiger partial charge in [0.1, 0.15) is 5.82 Å². The van der Waals surface area contributed by atoms with Crippen molar-refractivity contribution in [1.29, 1.82) is 0 Å². The van der Waals surface area contributed by atoms with Crippen LogP contribution in [0.25, 0.3) is 0 Å². The fourth-order valence-corrected chi connectivity index (χ4v) is 5.01. The van der Waals surface area contributed by atoms with E-state index in [9.17, 15) is 4.79 Å². The Morgan fingerprint density at radius 1 is 1.36 bits per heavy atom. The number of aryl methyl sites for hydroxylation is 4. The van der Waals surface area contributed by atoms with E-state index in [2.05, 4.69) is 15.6 Å². The van der Waals surface area contributed by atoms with Crippen molar-refractivity contribution in [2.75, 3.05) is 6.54 Å². The third-order valence-corrected chi connectivity index (χ3v) is 6.03. The highest BCUT2D eigenvalue weighted by Crippen LogP contribution is 2.36. The van der Waals surface area contributed by atoms with E-state index in [1.54, 1.807) is 11.3 Å². The molecule has 2 aromatic rings. The van der Waals surface area contributed by atoms with Crippen LogP contribution in [0.3, 0.4) is 0 Å². The monoisotopic (exact) mass is 315 g/mol. The minimum atomic E-state index is 0.128. The summed E-state index contributed by atoms with van der Waals surface area (Å²) in [4.78, 5) is 22.0. The van der Waals surface area contributed by atoms with E-state index < -0.39 is 0 Å². The average molecular weight is 315 g/mol. The van der Waals surface area contributed by atoms with Gasteiger partial charge in [0, 0.05) is 24.7 Å². The number of thiophene rings is 1. The van der Waals surface area contributed by atoms with Gasteiger partial charge >= 0.3 is 0 Å². The first-order valence-corrected chi connectivity index (χ1v) is 8.87. The Hall–Kier alpha value is -1.62. The van der Waals surface area contributed by atoms with Crippen molar-refractivity contribution in [2.24, 2.45) is 7.05 Å². The Bertz CT molecular complexity index is 709. The number of carbonyl (C=O) groups excluding carboxylic acids is 1. The Balaban J connectivity index is 1.62. The van der Waals surface area contributed by atoms with Crippen molar-refractivity contribution in [2.45, 2.75) is 45.1 Å². The fourth-order valence-electron chi connectivity index (χ4n) is 3.80. The predicted molar refractivity (Wildman–Crippen MR) is 87.3 cm³/mol. The molecule has 4 rings (SSSR count). The molecular formula is C17H21N3OS. The molecule has 0 bridgehead atoms. The maximum Gasteiger partial charge on any atom is 0.264 e. The fraction of sp³-hybridized carbons (Fsp3) is 0.529. The Kier molecular flexibility index (Phi) is 3.33. The molecule has 3 heterocycles. The molecule has 1 aliphatic carbocycles. The zero-order valence-electron chi connectivity index (χ0n) is 13.1. The molecule has 1 unspecified atom stereocenters. The lowest BCUT2D eigenvalue weighted by molar-refractivity contribution is 0.0733. The molecule has 0 N–H and O–H groups in total. The topological polar surface area (TPSA) is 38.1 Å². The predicted octanol–water partition coefficient (Wildman–Crippen LogP) is 3.26. The third kappa shape index (κ3) is 2.19. The number of hydrogen-bond donors (Lipinski definition) is 0. The second kappa shape index (κ2) is 5.23. The van der Waals surface area contributed by atoms with Crippen LogP contribution in [0.1, 0.15) is 56.9 Å². The third-order valence-electron chi connectivity index (χ3n) is 4.80. The number of hydrogen-bond acceptors (Lipinski definition) is 3. The van der Waals surface area contributed by atoms with Crippen molar-refractivity contribution in [3.8, 4) is 0 Å². The van der Waals surface area contributed by atoms with Gasteiger partial charge in [0.15, 0.2) is 0 Å². The van der Waals surface area contributed by atoms with Gasteiger partial charge in [0.2, 0.25) is 0 Å². The normalized spacial score (nSPS) is 20.6. The van der Waals surface area contributed by atoms with Gasteiger partial charge < -0.3 is 9.47 Å². The summed E-state index contributed by atoms with van der Waals surface area (Å²) in [7, 11) is 2.02. The van der Waals surface area contributed by atoms with Gasteiger partial charge in [0.05, 0.1) is 16.6 Å². The van der Waals surface area contributed by atoms with Crippen molar-refractivity contribution in [3.05, 3.63) is 39.1 Å². The number of nitrogens with zero attached hydrogens (tertiary/aromatic N) is 3. The maximum absolute atomic E-state index is 13.0. The van der Waals surface area contributed by atoms with Crippen LogP contribution in [0.4, 0.5) is 0 Å². The van der Waals surface area contributed by atoms with Gasteiger partial charge in [-0.2, -0.15) is 0 Å². The molecule has 5 heteroatoms. The maximum atomic E-state index is 13.0. The number of amides is 1. The highest BCUT2D eigenvalue weighted by Gasteiger charge is 2.34. The number of fused-ring (bicyclic) bond motifs is 1. The zero-order valence-corrected chi connectivity index (χ0v) is 13.9. The average Bonchev–Trinajstić information content (AvgIpc) is 3.19. The van der Waals surface area contributed by atoms with Gasteiger partial charge in [0.25, 0.3) is 5.91 Å². The van der Waals surface area contributed by atoms with Crippen molar-refractivity contribution in [3.63, 3.8) is 0 Å².